The molecule has 108 valence electrons. The number of phenolic OH excluding ortho intramolecular Hbond substituents is 1. The molecule has 0 spiro atoms. The van der Waals surface area contributed by atoms with Gasteiger partial charge in [0, 0.05) is 11.8 Å². The maximum absolute atomic E-state index is 11.7. The molecule has 1 fully saturated rings. The highest BCUT2D eigenvalue weighted by Crippen LogP contribution is 2.38. The van der Waals surface area contributed by atoms with Gasteiger partial charge in [-0.05, 0) is 12.1 Å². The molecule has 1 aliphatic heterocycles. The molecule has 0 saturated carbocycles. The molecule has 0 bridgehead atoms. The number of urea groups is 1. The molecule has 1 heterocycles. The molecule has 1 aromatic rings. The highest BCUT2D eigenvalue weighted by molar-refractivity contribution is 6.42. The number of amides is 2. The summed E-state index contributed by atoms with van der Waals surface area (Å²) in [6.07, 6.45) is 1.12. The van der Waals surface area contributed by atoms with Crippen molar-refractivity contribution in [2.45, 2.75) is 6.04 Å². The van der Waals surface area contributed by atoms with E-state index in [4.69, 9.17) is 28.3 Å². The van der Waals surface area contributed by atoms with Crippen molar-refractivity contribution in [2.75, 3.05) is 13.2 Å². The van der Waals surface area contributed by atoms with Gasteiger partial charge in [-0.3, -0.25) is 4.90 Å². The van der Waals surface area contributed by atoms with E-state index in [0.29, 0.717) is 5.56 Å². The zero-order valence-corrected chi connectivity index (χ0v) is 11.7. The van der Waals surface area contributed by atoms with E-state index >= 15 is 0 Å². The van der Waals surface area contributed by atoms with Gasteiger partial charge in [-0.2, -0.15) is 0 Å². The first-order valence-electron chi connectivity index (χ1n) is 5.68. The third-order valence-electron chi connectivity index (χ3n) is 2.86. The van der Waals surface area contributed by atoms with Gasteiger partial charge in [-0.15, -0.1) is 0 Å². The van der Waals surface area contributed by atoms with Crippen molar-refractivity contribution in [1.82, 2.24) is 10.2 Å². The van der Waals surface area contributed by atoms with Crippen LogP contribution in [0.2, 0.25) is 10.0 Å². The zero-order valence-electron chi connectivity index (χ0n) is 10.2. The predicted octanol–water partition coefficient (Wildman–Crippen LogP) is 2.16. The van der Waals surface area contributed by atoms with E-state index < -0.39 is 18.7 Å². The third-order valence-corrected chi connectivity index (χ3v) is 3.68. The van der Waals surface area contributed by atoms with Crippen LogP contribution in [0.5, 0.6) is 5.75 Å². The number of hydrogen-bond donors (Lipinski definition) is 4. The molecule has 6 nitrogen and oxygen atoms in total. The maximum atomic E-state index is 11.7. The largest absolute Gasteiger partial charge is 0.508 e. The third kappa shape index (κ3) is 2.77. The number of rotatable bonds is 3. The number of aliphatic hydroxyl groups is 2. The van der Waals surface area contributed by atoms with Gasteiger partial charge in [-0.25, -0.2) is 4.79 Å². The summed E-state index contributed by atoms with van der Waals surface area (Å²) in [5, 5.41) is 30.9. The van der Waals surface area contributed by atoms with E-state index in [-0.39, 0.29) is 28.1 Å². The Morgan fingerprint density at radius 3 is 2.85 bits per heavy atom. The van der Waals surface area contributed by atoms with Crippen molar-refractivity contribution >= 4 is 29.2 Å². The van der Waals surface area contributed by atoms with Crippen LogP contribution < -0.4 is 5.32 Å². The number of nitrogens with zero attached hydrogens (tertiary/aromatic N) is 1. The molecule has 20 heavy (non-hydrogen) atoms. The molecule has 1 saturated heterocycles. The Morgan fingerprint density at radius 1 is 1.50 bits per heavy atom. The Balaban J connectivity index is 2.29. The highest BCUT2D eigenvalue weighted by Gasteiger charge is 2.32. The lowest BCUT2D eigenvalue weighted by Gasteiger charge is -2.14. The second kappa shape index (κ2) is 5.78. The van der Waals surface area contributed by atoms with Crippen LogP contribution in [0.15, 0.2) is 24.1 Å². The first kappa shape index (κ1) is 14.8. The summed E-state index contributed by atoms with van der Waals surface area (Å²) in [6, 6.07) is 1.79. The molecule has 0 aliphatic carbocycles. The van der Waals surface area contributed by atoms with Crippen LogP contribution in [-0.2, 0) is 0 Å². The first-order valence-corrected chi connectivity index (χ1v) is 6.44. The fourth-order valence-electron chi connectivity index (χ4n) is 1.94. The second-order valence-electron chi connectivity index (χ2n) is 4.23. The van der Waals surface area contributed by atoms with Crippen LogP contribution in [0.4, 0.5) is 4.79 Å². The van der Waals surface area contributed by atoms with E-state index in [1.165, 1.54) is 17.0 Å². The molecule has 2 rings (SSSR count). The molecular formula is C12H12Cl2N2O4. The summed E-state index contributed by atoms with van der Waals surface area (Å²) >= 11 is 11.9. The fraction of sp³-hybridized carbons (Fsp3) is 0.250. The molecule has 1 aliphatic rings. The van der Waals surface area contributed by atoms with Crippen molar-refractivity contribution in [3.8, 4) is 5.75 Å². The van der Waals surface area contributed by atoms with Crippen LogP contribution in [0, 0.1) is 0 Å². The van der Waals surface area contributed by atoms with E-state index in [0.717, 1.165) is 6.20 Å². The molecular weight excluding hydrogens is 307 g/mol. The van der Waals surface area contributed by atoms with E-state index in [1.54, 1.807) is 0 Å². The molecule has 0 unspecified atom stereocenters. The van der Waals surface area contributed by atoms with Crippen molar-refractivity contribution in [2.24, 2.45) is 0 Å². The average Bonchev–Trinajstić information content (AvgIpc) is 2.75. The number of carbonyl (C=O) groups is 1. The summed E-state index contributed by atoms with van der Waals surface area (Å²) in [5.41, 5.74) is 0.312. The van der Waals surface area contributed by atoms with E-state index in [1.807, 2.05) is 0 Å². The Labute approximate surface area is 124 Å². The molecule has 1 atom stereocenters. The topological polar surface area (TPSA) is 93.0 Å². The standard InChI is InChI=1S/C12H12Cl2N2O4/c13-7-1-2-9(19)10(11(7)14)8-4-16(12(20)15-8)3-6(18)5-17/h1-3,8,17-19H,4-5H2,(H,15,20)/b6-3-/t8-/m1/s1. The Hall–Kier alpha value is -1.63. The minimum absolute atomic E-state index is 0.0816. The number of benzene rings is 1. The van der Waals surface area contributed by atoms with Crippen molar-refractivity contribution in [1.29, 1.82) is 0 Å². The number of hydrogen-bond acceptors (Lipinski definition) is 4. The monoisotopic (exact) mass is 318 g/mol. The summed E-state index contributed by atoms with van der Waals surface area (Å²) in [7, 11) is 0. The molecule has 0 aromatic heterocycles. The number of aliphatic hydroxyl groups excluding tert-OH is 2. The van der Waals surface area contributed by atoms with Crippen molar-refractivity contribution in [3.05, 3.63) is 39.7 Å². The fourth-order valence-corrected chi connectivity index (χ4v) is 2.40. The number of carbonyl (C=O) groups excluding carboxylic acids is 1. The summed E-state index contributed by atoms with van der Waals surface area (Å²) in [4.78, 5) is 12.9. The van der Waals surface area contributed by atoms with Gasteiger partial charge in [0.05, 0.1) is 22.6 Å². The second-order valence-corrected chi connectivity index (χ2v) is 5.01. The summed E-state index contributed by atoms with van der Waals surface area (Å²) in [6.45, 7) is -0.436. The van der Waals surface area contributed by atoms with E-state index in [9.17, 15) is 15.0 Å². The minimum Gasteiger partial charge on any atom is -0.508 e. The smallest absolute Gasteiger partial charge is 0.322 e. The minimum atomic E-state index is -0.573. The summed E-state index contributed by atoms with van der Waals surface area (Å²) in [5.74, 6) is -0.427. The van der Waals surface area contributed by atoms with Gasteiger partial charge in [-0.1, -0.05) is 23.2 Å². The number of aromatic hydroxyl groups is 1. The van der Waals surface area contributed by atoms with Crippen LogP contribution in [0.3, 0.4) is 0 Å². The number of phenols is 1. The van der Waals surface area contributed by atoms with Crippen LogP contribution in [0.1, 0.15) is 11.6 Å². The molecule has 8 heteroatoms. The lowest BCUT2D eigenvalue weighted by Crippen LogP contribution is -2.24. The van der Waals surface area contributed by atoms with Crippen molar-refractivity contribution in [3.63, 3.8) is 0 Å². The summed E-state index contributed by atoms with van der Waals surface area (Å²) < 4.78 is 0. The Kier molecular flexibility index (Phi) is 4.27. The lowest BCUT2D eigenvalue weighted by atomic mass is 10.1. The van der Waals surface area contributed by atoms with Gasteiger partial charge in [0.2, 0.25) is 0 Å². The van der Waals surface area contributed by atoms with Crippen LogP contribution >= 0.6 is 23.2 Å². The van der Waals surface area contributed by atoms with Gasteiger partial charge >= 0.3 is 6.03 Å². The lowest BCUT2D eigenvalue weighted by molar-refractivity contribution is 0.222. The Morgan fingerprint density at radius 2 is 2.20 bits per heavy atom. The highest BCUT2D eigenvalue weighted by atomic mass is 35.5. The molecule has 0 radical (unpaired) electrons. The number of halogens is 2. The Bertz CT molecular complexity index is 577. The van der Waals surface area contributed by atoms with Gasteiger partial charge in [0.25, 0.3) is 0 Å². The zero-order chi connectivity index (χ0) is 14.9. The normalized spacial score (nSPS) is 19.4. The van der Waals surface area contributed by atoms with Crippen LogP contribution in [0.25, 0.3) is 0 Å². The van der Waals surface area contributed by atoms with Crippen LogP contribution in [-0.4, -0.2) is 39.4 Å². The quantitative estimate of drug-likeness (QED) is 0.642. The molecule has 2 amide bonds. The molecule has 4 N–H and O–H groups in total. The number of nitrogens with one attached hydrogen (secondary N) is 1. The molecule has 1 aromatic carbocycles. The SMILES string of the molecule is O=C1N[C@@H](c2c(O)ccc(Cl)c2Cl)CN1/C=C(\O)CO. The van der Waals surface area contributed by atoms with Gasteiger partial charge in [0.15, 0.2) is 0 Å². The average molecular weight is 319 g/mol. The van der Waals surface area contributed by atoms with Crippen molar-refractivity contribution < 1.29 is 20.1 Å². The van der Waals surface area contributed by atoms with E-state index in [2.05, 4.69) is 5.32 Å². The predicted molar refractivity (Wildman–Crippen MR) is 73.9 cm³/mol. The van der Waals surface area contributed by atoms with Gasteiger partial charge in [0.1, 0.15) is 18.1 Å². The maximum Gasteiger partial charge on any atom is 0.322 e. The van der Waals surface area contributed by atoms with Gasteiger partial charge < -0.3 is 20.6 Å². The first-order chi connectivity index (χ1) is 9.43.